The number of hydrogen-bond acceptors (Lipinski definition) is 7. The summed E-state index contributed by atoms with van der Waals surface area (Å²) in [6, 6.07) is 5.71. The van der Waals surface area contributed by atoms with Crippen LogP contribution in [0.15, 0.2) is 42.0 Å². The zero-order chi connectivity index (χ0) is 19.5. The van der Waals surface area contributed by atoms with Crippen molar-refractivity contribution in [3.05, 3.63) is 64.8 Å². The number of amides is 1. The highest BCUT2D eigenvalue weighted by atomic mass is 32.1. The van der Waals surface area contributed by atoms with Crippen LogP contribution < -0.4 is 5.32 Å². The number of carbonyl (C=O) groups is 1. The third-order valence-corrected chi connectivity index (χ3v) is 5.30. The van der Waals surface area contributed by atoms with Crippen LogP contribution in [0.1, 0.15) is 28.7 Å². The minimum Gasteiger partial charge on any atom is -0.338 e. The van der Waals surface area contributed by atoms with E-state index >= 15 is 0 Å². The Morgan fingerprint density at radius 2 is 2.14 bits per heavy atom. The first-order valence-electron chi connectivity index (χ1n) is 8.98. The van der Waals surface area contributed by atoms with Crippen LogP contribution >= 0.6 is 11.3 Å². The molecule has 0 aliphatic carbocycles. The SMILES string of the molecule is Cc1csc(Nc2cc(C3CN(C(=O)/C=C/c4cccnc4)C3)nc(C)n2)n1. The second-order valence-electron chi connectivity index (χ2n) is 6.70. The molecule has 1 amide bonds. The van der Waals surface area contributed by atoms with Gasteiger partial charge >= 0.3 is 0 Å². The van der Waals surface area contributed by atoms with Crippen molar-refractivity contribution in [1.29, 1.82) is 0 Å². The molecule has 1 fully saturated rings. The van der Waals surface area contributed by atoms with Crippen molar-refractivity contribution >= 4 is 34.3 Å². The Kier molecular flexibility index (Phi) is 5.12. The number of pyridine rings is 1. The molecule has 4 heterocycles. The van der Waals surface area contributed by atoms with Crippen LogP contribution in [-0.4, -0.2) is 43.8 Å². The Hall–Kier alpha value is -3.13. The molecule has 8 heteroatoms. The topological polar surface area (TPSA) is 83.9 Å². The fraction of sp³-hybridized carbons (Fsp3) is 0.250. The van der Waals surface area contributed by atoms with Gasteiger partial charge in [-0.3, -0.25) is 9.78 Å². The number of carbonyl (C=O) groups excluding carboxylic acids is 1. The molecule has 0 bridgehead atoms. The van der Waals surface area contributed by atoms with E-state index in [1.54, 1.807) is 35.9 Å². The lowest BCUT2D eigenvalue weighted by atomic mass is 9.95. The second-order valence-corrected chi connectivity index (χ2v) is 7.56. The quantitative estimate of drug-likeness (QED) is 0.671. The summed E-state index contributed by atoms with van der Waals surface area (Å²) in [6.45, 7) is 5.14. The van der Waals surface area contributed by atoms with Gasteiger partial charge < -0.3 is 10.2 Å². The van der Waals surface area contributed by atoms with Crippen molar-refractivity contribution in [1.82, 2.24) is 24.8 Å². The van der Waals surface area contributed by atoms with E-state index in [-0.39, 0.29) is 11.8 Å². The average molecular weight is 392 g/mol. The van der Waals surface area contributed by atoms with Gasteiger partial charge in [-0.2, -0.15) is 0 Å². The molecule has 1 N–H and O–H groups in total. The second kappa shape index (κ2) is 7.85. The lowest BCUT2D eigenvalue weighted by molar-refractivity contribution is -0.130. The molecule has 7 nitrogen and oxygen atoms in total. The van der Waals surface area contributed by atoms with Crippen LogP contribution in [-0.2, 0) is 4.79 Å². The maximum absolute atomic E-state index is 12.3. The minimum absolute atomic E-state index is 0.00231. The van der Waals surface area contributed by atoms with Gasteiger partial charge in [-0.15, -0.1) is 11.3 Å². The molecule has 3 aromatic rings. The number of thiazole rings is 1. The molecule has 1 saturated heterocycles. The normalized spacial score (nSPS) is 14.3. The van der Waals surface area contributed by atoms with Crippen molar-refractivity contribution in [3.63, 3.8) is 0 Å². The van der Waals surface area contributed by atoms with Crippen LogP contribution in [0.4, 0.5) is 10.9 Å². The summed E-state index contributed by atoms with van der Waals surface area (Å²) in [4.78, 5) is 31.6. The molecule has 0 aromatic carbocycles. The third-order valence-electron chi connectivity index (χ3n) is 4.43. The predicted octanol–water partition coefficient (Wildman–Crippen LogP) is 3.33. The van der Waals surface area contributed by atoms with Crippen LogP contribution in [0.3, 0.4) is 0 Å². The first-order valence-corrected chi connectivity index (χ1v) is 9.86. The van der Waals surface area contributed by atoms with Gasteiger partial charge in [0.1, 0.15) is 11.6 Å². The van der Waals surface area contributed by atoms with Crippen molar-refractivity contribution in [2.45, 2.75) is 19.8 Å². The van der Waals surface area contributed by atoms with Gasteiger partial charge in [0.05, 0.1) is 11.4 Å². The number of rotatable bonds is 5. The van der Waals surface area contributed by atoms with E-state index in [1.165, 1.54) is 0 Å². The molecule has 0 saturated carbocycles. The Labute approximate surface area is 167 Å². The number of aryl methyl sites for hydroxylation is 2. The Balaban J connectivity index is 1.38. The molecule has 28 heavy (non-hydrogen) atoms. The third kappa shape index (κ3) is 4.23. The largest absolute Gasteiger partial charge is 0.338 e. The standard InChI is InChI=1S/C20H20N6OS/c1-13-12-28-20(22-13)25-18-8-17(23-14(2)24-18)16-10-26(11-16)19(27)6-5-15-4-3-7-21-9-15/h3-9,12,16H,10-11H2,1-2H3,(H,22,23,24,25)/b6-5+. The van der Waals surface area contributed by atoms with Gasteiger partial charge in [0.15, 0.2) is 5.13 Å². The highest BCUT2D eigenvalue weighted by Crippen LogP contribution is 2.28. The van der Waals surface area contributed by atoms with E-state index in [0.29, 0.717) is 18.9 Å². The van der Waals surface area contributed by atoms with Crippen molar-refractivity contribution in [2.24, 2.45) is 0 Å². The number of likely N-dealkylation sites (tertiary alicyclic amines) is 1. The van der Waals surface area contributed by atoms with Crippen LogP contribution in [0.5, 0.6) is 0 Å². The molecule has 0 spiro atoms. The monoisotopic (exact) mass is 392 g/mol. The first-order chi connectivity index (χ1) is 13.6. The summed E-state index contributed by atoms with van der Waals surface area (Å²) in [5, 5.41) is 6.04. The molecule has 142 valence electrons. The molecule has 0 radical (unpaired) electrons. The van der Waals surface area contributed by atoms with E-state index in [0.717, 1.165) is 27.9 Å². The highest BCUT2D eigenvalue weighted by molar-refractivity contribution is 7.13. The summed E-state index contributed by atoms with van der Waals surface area (Å²) < 4.78 is 0. The van der Waals surface area contributed by atoms with Crippen LogP contribution in [0, 0.1) is 13.8 Å². The van der Waals surface area contributed by atoms with Gasteiger partial charge in [0.25, 0.3) is 0 Å². The first kappa shape index (κ1) is 18.2. The Bertz CT molecular complexity index is 1010. The van der Waals surface area contributed by atoms with Crippen LogP contribution in [0.2, 0.25) is 0 Å². The lowest BCUT2D eigenvalue weighted by Crippen LogP contribution is -2.48. The van der Waals surface area contributed by atoms with E-state index in [1.807, 2.05) is 42.3 Å². The van der Waals surface area contributed by atoms with E-state index < -0.39 is 0 Å². The smallest absolute Gasteiger partial charge is 0.246 e. The molecule has 3 aromatic heterocycles. The minimum atomic E-state index is 0.00231. The summed E-state index contributed by atoms with van der Waals surface area (Å²) in [5.74, 6) is 1.66. The maximum Gasteiger partial charge on any atom is 0.246 e. The Morgan fingerprint density at radius 1 is 1.29 bits per heavy atom. The van der Waals surface area contributed by atoms with E-state index in [2.05, 4.69) is 25.3 Å². The summed E-state index contributed by atoms with van der Waals surface area (Å²) in [7, 11) is 0. The van der Waals surface area contributed by atoms with E-state index in [4.69, 9.17) is 0 Å². The Morgan fingerprint density at radius 3 is 2.86 bits per heavy atom. The zero-order valence-corrected chi connectivity index (χ0v) is 16.5. The summed E-state index contributed by atoms with van der Waals surface area (Å²) in [5.41, 5.74) is 2.84. The van der Waals surface area contributed by atoms with E-state index in [9.17, 15) is 4.79 Å². The molecule has 0 atom stereocenters. The predicted molar refractivity (Wildman–Crippen MR) is 109 cm³/mol. The summed E-state index contributed by atoms with van der Waals surface area (Å²) >= 11 is 1.54. The fourth-order valence-electron chi connectivity index (χ4n) is 2.98. The zero-order valence-electron chi connectivity index (χ0n) is 15.7. The van der Waals surface area contributed by atoms with Gasteiger partial charge in [-0.05, 0) is 31.6 Å². The van der Waals surface area contributed by atoms with Crippen molar-refractivity contribution in [3.8, 4) is 0 Å². The molecular weight excluding hydrogens is 372 g/mol. The van der Waals surface area contributed by atoms with Gasteiger partial charge in [0, 0.05) is 48.9 Å². The molecule has 4 rings (SSSR count). The molecule has 0 unspecified atom stereocenters. The number of anilines is 2. The number of hydrogen-bond donors (Lipinski definition) is 1. The van der Waals surface area contributed by atoms with Gasteiger partial charge in [-0.1, -0.05) is 6.07 Å². The van der Waals surface area contributed by atoms with Gasteiger partial charge in [0.2, 0.25) is 5.91 Å². The fourth-order valence-corrected chi connectivity index (χ4v) is 3.67. The maximum atomic E-state index is 12.3. The van der Waals surface area contributed by atoms with Crippen molar-refractivity contribution < 1.29 is 4.79 Å². The lowest BCUT2D eigenvalue weighted by Gasteiger charge is -2.38. The number of aromatic nitrogens is 4. The highest BCUT2D eigenvalue weighted by Gasteiger charge is 2.32. The summed E-state index contributed by atoms with van der Waals surface area (Å²) in [6.07, 6.45) is 6.82. The van der Waals surface area contributed by atoms with Crippen molar-refractivity contribution in [2.75, 3.05) is 18.4 Å². The number of nitrogens with zero attached hydrogens (tertiary/aromatic N) is 5. The average Bonchev–Trinajstić information content (AvgIpc) is 3.04. The number of nitrogens with one attached hydrogen (secondary N) is 1. The van der Waals surface area contributed by atoms with Crippen LogP contribution in [0.25, 0.3) is 6.08 Å². The molecule has 1 aliphatic heterocycles. The molecular formula is C20H20N6OS. The molecule has 1 aliphatic rings. The van der Waals surface area contributed by atoms with Gasteiger partial charge in [-0.25, -0.2) is 15.0 Å².